The predicted molar refractivity (Wildman–Crippen MR) is 111 cm³/mol. The lowest BCUT2D eigenvalue weighted by atomic mass is 10.1. The molecule has 0 spiro atoms. The molecule has 2 aromatic heterocycles. The van der Waals surface area contributed by atoms with E-state index in [-0.39, 0.29) is 29.4 Å². The van der Waals surface area contributed by atoms with E-state index in [1.807, 2.05) is 12.1 Å². The Morgan fingerprint density at radius 2 is 2.10 bits per heavy atom. The molecule has 152 valence electrons. The maximum Gasteiger partial charge on any atom is 0.346 e. The number of hydrogen-bond donors (Lipinski definition) is 1. The third kappa shape index (κ3) is 4.49. The zero-order valence-corrected chi connectivity index (χ0v) is 17.5. The van der Waals surface area contributed by atoms with Crippen molar-refractivity contribution in [2.75, 3.05) is 7.11 Å². The number of nitrogens with zero attached hydrogens (tertiary/aromatic N) is 2. The second-order valence-electron chi connectivity index (χ2n) is 6.51. The van der Waals surface area contributed by atoms with E-state index in [1.54, 1.807) is 19.1 Å². The van der Waals surface area contributed by atoms with Crippen LogP contribution in [-0.2, 0) is 22.5 Å². The first-order valence-electron chi connectivity index (χ1n) is 8.89. The molecular weight excluding hydrogens is 416 g/mol. The monoisotopic (exact) mass is 434 g/mol. The van der Waals surface area contributed by atoms with E-state index < -0.39 is 5.97 Å². The molecule has 3 rings (SSSR count). The highest BCUT2D eigenvalue weighted by Crippen LogP contribution is 2.28. The molecule has 0 unspecified atom stereocenters. The second-order valence-corrected chi connectivity index (χ2v) is 7.95. The molecule has 0 aliphatic rings. The summed E-state index contributed by atoms with van der Waals surface area (Å²) in [6.45, 7) is 1.88. The van der Waals surface area contributed by atoms with Gasteiger partial charge in [-0.05, 0) is 36.6 Å². The summed E-state index contributed by atoms with van der Waals surface area (Å²) in [6.07, 6.45) is 0.918. The van der Waals surface area contributed by atoms with E-state index in [4.69, 9.17) is 11.6 Å². The number of aromatic carboxylic acids is 1. The molecule has 0 amide bonds. The average molecular weight is 435 g/mol. The van der Waals surface area contributed by atoms with Gasteiger partial charge in [0.15, 0.2) is 0 Å². The van der Waals surface area contributed by atoms with Gasteiger partial charge in [-0.3, -0.25) is 14.2 Å². The molecule has 7 nitrogen and oxygen atoms in total. The highest BCUT2D eigenvalue weighted by molar-refractivity contribution is 7.20. The molecule has 0 aliphatic carbocycles. The van der Waals surface area contributed by atoms with Gasteiger partial charge >= 0.3 is 11.9 Å². The Hall–Kier alpha value is -2.71. The summed E-state index contributed by atoms with van der Waals surface area (Å²) in [7, 11) is 1.31. The lowest BCUT2D eigenvalue weighted by Gasteiger charge is -2.13. The number of carboxylic acids is 1. The van der Waals surface area contributed by atoms with Crippen molar-refractivity contribution in [1.29, 1.82) is 0 Å². The van der Waals surface area contributed by atoms with Crippen LogP contribution >= 0.6 is 22.9 Å². The molecule has 3 aromatic rings. The molecule has 0 saturated carbocycles. The SMILES string of the molecule is COC(=O)CCCn1c(Cc2cccc(Cl)c2)nc2sc(C(=O)O)c(C)c2c1=O. The van der Waals surface area contributed by atoms with E-state index in [9.17, 15) is 19.5 Å². The van der Waals surface area contributed by atoms with Gasteiger partial charge in [-0.25, -0.2) is 9.78 Å². The molecule has 0 aliphatic heterocycles. The van der Waals surface area contributed by atoms with Gasteiger partial charge in [0.25, 0.3) is 5.56 Å². The number of carbonyl (C=O) groups is 2. The van der Waals surface area contributed by atoms with Crippen molar-refractivity contribution in [3.8, 4) is 0 Å². The average Bonchev–Trinajstić information content (AvgIpc) is 3.00. The van der Waals surface area contributed by atoms with Crippen LogP contribution in [0.1, 0.15) is 39.5 Å². The smallest absolute Gasteiger partial charge is 0.346 e. The number of esters is 1. The minimum Gasteiger partial charge on any atom is -0.477 e. The maximum atomic E-state index is 13.2. The molecule has 1 aromatic carbocycles. The van der Waals surface area contributed by atoms with E-state index in [1.165, 1.54) is 11.7 Å². The van der Waals surface area contributed by atoms with Gasteiger partial charge in [0.1, 0.15) is 15.5 Å². The third-order valence-electron chi connectivity index (χ3n) is 4.57. The summed E-state index contributed by atoms with van der Waals surface area (Å²) >= 11 is 7.06. The highest BCUT2D eigenvalue weighted by atomic mass is 35.5. The van der Waals surface area contributed by atoms with Crippen LogP contribution in [0.2, 0.25) is 5.02 Å². The standard InChI is InChI=1S/C20H19ClN2O5S/c1-11-16-18(29-17(11)20(26)27)22-14(10-12-5-3-6-13(21)9-12)23(19(16)25)8-4-7-15(24)28-2/h3,5-6,9H,4,7-8,10H2,1-2H3,(H,26,27). The lowest BCUT2D eigenvalue weighted by Crippen LogP contribution is -2.26. The number of hydrogen-bond acceptors (Lipinski definition) is 6. The second kappa shape index (κ2) is 8.75. The Labute approximate surface area is 175 Å². The number of rotatable bonds is 7. The fraction of sp³-hybridized carbons (Fsp3) is 0.300. The van der Waals surface area contributed by atoms with Gasteiger partial charge in [0.2, 0.25) is 0 Å². The summed E-state index contributed by atoms with van der Waals surface area (Å²) < 4.78 is 6.17. The molecule has 0 radical (unpaired) electrons. The largest absolute Gasteiger partial charge is 0.477 e. The third-order valence-corrected chi connectivity index (χ3v) is 5.97. The topological polar surface area (TPSA) is 98.5 Å². The summed E-state index contributed by atoms with van der Waals surface area (Å²) in [6, 6.07) is 7.24. The van der Waals surface area contributed by atoms with Crippen LogP contribution in [0.3, 0.4) is 0 Å². The molecular formula is C20H19ClN2O5S. The summed E-state index contributed by atoms with van der Waals surface area (Å²) in [4.78, 5) is 41.2. The molecule has 0 atom stereocenters. The first-order chi connectivity index (χ1) is 13.8. The van der Waals surface area contributed by atoms with Crippen molar-refractivity contribution < 1.29 is 19.4 Å². The minimum absolute atomic E-state index is 0.102. The first kappa shape index (κ1) is 21.0. The quantitative estimate of drug-likeness (QED) is 0.570. The Balaban J connectivity index is 2.10. The number of aromatic nitrogens is 2. The predicted octanol–water partition coefficient (Wildman–Crippen LogP) is 3.66. The number of benzene rings is 1. The zero-order chi connectivity index (χ0) is 21.1. The fourth-order valence-electron chi connectivity index (χ4n) is 3.14. The van der Waals surface area contributed by atoms with Crippen LogP contribution in [0.25, 0.3) is 10.2 Å². The number of fused-ring (bicyclic) bond motifs is 1. The van der Waals surface area contributed by atoms with Crippen LogP contribution in [0, 0.1) is 6.92 Å². The highest BCUT2D eigenvalue weighted by Gasteiger charge is 2.21. The van der Waals surface area contributed by atoms with Crippen molar-refractivity contribution in [3.05, 3.63) is 61.5 Å². The molecule has 2 heterocycles. The number of aryl methyl sites for hydroxylation is 1. The van der Waals surface area contributed by atoms with E-state index in [2.05, 4.69) is 9.72 Å². The number of carbonyl (C=O) groups excluding carboxylic acids is 1. The summed E-state index contributed by atoms with van der Waals surface area (Å²) in [5, 5.41) is 10.3. The molecule has 29 heavy (non-hydrogen) atoms. The van der Waals surface area contributed by atoms with Gasteiger partial charge < -0.3 is 9.84 Å². The molecule has 1 N–H and O–H groups in total. The number of methoxy groups -OCH3 is 1. The molecule has 0 bridgehead atoms. The van der Waals surface area contributed by atoms with Gasteiger partial charge in [-0.15, -0.1) is 11.3 Å². The van der Waals surface area contributed by atoms with Gasteiger partial charge in [0.05, 0.1) is 12.5 Å². The van der Waals surface area contributed by atoms with Gasteiger partial charge in [0, 0.05) is 24.4 Å². The maximum absolute atomic E-state index is 13.2. The Kier molecular flexibility index (Phi) is 6.34. The van der Waals surface area contributed by atoms with Crippen LogP contribution in [0.4, 0.5) is 0 Å². The first-order valence-corrected chi connectivity index (χ1v) is 10.1. The minimum atomic E-state index is -1.08. The number of carboxylic acid groups (broad SMARTS) is 1. The summed E-state index contributed by atoms with van der Waals surface area (Å²) in [5.74, 6) is -0.949. The van der Waals surface area contributed by atoms with Crippen molar-refractivity contribution >= 4 is 45.1 Å². The lowest BCUT2D eigenvalue weighted by molar-refractivity contribution is -0.140. The van der Waals surface area contributed by atoms with E-state index in [0.717, 1.165) is 16.9 Å². The molecule has 0 fully saturated rings. The van der Waals surface area contributed by atoms with Crippen LogP contribution in [-0.4, -0.2) is 33.7 Å². The van der Waals surface area contributed by atoms with Crippen molar-refractivity contribution in [2.24, 2.45) is 0 Å². The Morgan fingerprint density at radius 1 is 1.34 bits per heavy atom. The Bertz CT molecular complexity index is 1150. The molecule has 9 heteroatoms. The van der Waals surface area contributed by atoms with Gasteiger partial charge in [-0.1, -0.05) is 23.7 Å². The van der Waals surface area contributed by atoms with Crippen LogP contribution in [0.15, 0.2) is 29.1 Å². The fourth-order valence-corrected chi connectivity index (χ4v) is 4.38. The number of thiophene rings is 1. The van der Waals surface area contributed by atoms with Crippen molar-refractivity contribution in [3.63, 3.8) is 0 Å². The van der Waals surface area contributed by atoms with Crippen molar-refractivity contribution in [2.45, 2.75) is 32.7 Å². The molecule has 0 saturated heterocycles. The van der Waals surface area contributed by atoms with E-state index in [0.29, 0.717) is 39.5 Å². The Morgan fingerprint density at radius 3 is 2.76 bits per heavy atom. The number of halogens is 1. The van der Waals surface area contributed by atoms with Crippen molar-refractivity contribution in [1.82, 2.24) is 9.55 Å². The van der Waals surface area contributed by atoms with Crippen LogP contribution < -0.4 is 5.56 Å². The summed E-state index contributed by atoms with van der Waals surface area (Å²) in [5.41, 5.74) is 0.973. The van der Waals surface area contributed by atoms with Crippen LogP contribution in [0.5, 0.6) is 0 Å². The zero-order valence-electron chi connectivity index (χ0n) is 15.9. The normalized spacial score (nSPS) is 11.0. The van der Waals surface area contributed by atoms with E-state index >= 15 is 0 Å². The number of ether oxygens (including phenoxy) is 1. The van der Waals surface area contributed by atoms with Gasteiger partial charge in [-0.2, -0.15) is 0 Å².